The molecule has 20 heavy (non-hydrogen) atoms. The Balaban J connectivity index is 1.92. The molecule has 8 heteroatoms. The van der Waals surface area contributed by atoms with E-state index in [0.29, 0.717) is 11.2 Å². The van der Waals surface area contributed by atoms with E-state index in [1.54, 1.807) is 30.0 Å². The molecule has 1 aromatic heterocycles. The first-order valence-corrected chi connectivity index (χ1v) is 7.29. The summed E-state index contributed by atoms with van der Waals surface area (Å²) < 4.78 is 1.84. The number of quaternary nitrogens is 1. The van der Waals surface area contributed by atoms with E-state index in [0.717, 1.165) is 23.6 Å². The third-order valence-corrected chi connectivity index (χ3v) is 4.17. The minimum atomic E-state index is -0.945. The van der Waals surface area contributed by atoms with Crippen LogP contribution in [0.25, 0.3) is 11.4 Å². The molecular formula is C12H15N5O2S. The van der Waals surface area contributed by atoms with Crippen molar-refractivity contribution in [1.29, 1.82) is 0 Å². The van der Waals surface area contributed by atoms with Crippen molar-refractivity contribution in [3.8, 4) is 11.4 Å². The van der Waals surface area contributed by atoms with Gasteiger partial charge in [-0.05, 0) is 6.42 Å². The normalized spacial score (nSPS) is 18.6. The van der Waals surface area contributed by atoms with Gasteiger partial charge in [0.05, 0.1) is 5.37 Å². The molecule has 0 spiro atoms. The van der Waals surface area contributed by atoms with Crippen LogP contribution in [0.1, 0.15) is 19.8 Å². The molecule has 2 aromatic rings. The second-order valence-electron chi connectivity index (χ2n) is 4.55. The zero-order chi connectivity index (χ0) is 14.1. The van der Waals surface area contributed by atoms with Gasteiger partial charge in [-0.1, -0.05) is 37.2 Å². The highest BCUT2D eigenvalue weighted by molar-refractivity contribution is 8.00. The van der Waals surface area contributed by atoms with Crippen molar-refractivity contribution in [2.75, 3.05) is 5.43 Å². The lowest BCUT2D eigenvalue weighted by Gasteiger charge is -2.13. The molecule has 1 aliphatic heterocycles. The van der Waals surface area contributed by atoms with Crippen LogP contribution in [0, 0.1) is 5.21 Å². The first kappa shape index (κ1) is 13.4. The average Bonchev–Trinajstić information content (AvgIpc) is 2.99. The summed E-state index contributed by atoms with van der Waals surface area (Å²) in [5.41, 5.74) is 4.33. The Morgan fingerprint density at radius 1 is 1.50 bits per heavy atom. The molecule has 2 unspecified atom stereocenters. The van der Waals surface area contributed by atoms with Crippen LogP contribution in [-0.4, -0.2) is 25.5 Å². The van der Waals surface area contributed by atoms with E-state index in [4.69, 9.17) is 5.21 Å². The smallest absolute Gasteiger partial charge is 0.212 e. The zero-order valence-electron chi connectivity index (χ0n) is 10.9. The summed E-state index contributed by atoms with van der Waals surface area (Å²) in [6.07, 6.45) is 2.13. The van der Waals surface area contributed by atoms with E-state index >= 15 is 0 Å². The van der Waals surface area contributed by atoms with E-state index in [1.165, 1.54) is 0 Å². The van der Waals surface area contributed by atoms with E-state index < -0.39 is 5.23 Å². The number of hydrogen-bond acceptors (Lipinski definition) is 6. The van der Waals surface area contributed by atoms with Crippen molar-refractivity contribution in [3.05, 3.63) is 29.5 Å². The molecule has 0 saturated heterocycles. The van der Waals surface area contributed by atoms with Gasteiger partial charge in [-0.3, -0.25) is 0 Å². The van der Waals surface area contributed by atoms with Gasteiger partial charge in [0, 0.05) is 17.7 Å². The van der Waals surface area contributed by atoms with Gasteiger partial charge in [0.2, 0.25) is 5.16 Å². The molecule has 0 saturated carbocycles. The summed E-state index contributed by atoms with van der Waals surface area (Å²) in [6.45, 7) is 2.14. The van der Waals surface area contributed by atoms with E-state index in [1.807, 2.05) is 10.7 Å². The molecule has 106 valence electrons. The van der Waals surface area contributed by atoms with Crippen molar-refractivity contribution in [2.24, 2.45) is 0 Å². The van der Waals surface area contributed by atoms with Gasteiger partial charge in [0.15, 0.2) is 11.5 Å². The Kier molecular flexibility index (Phi) is 3.62. The van der Waals surface area contributed by atoms with Gasteiger partial charge in [0.1, 0.15) is 0 Å². The number of hydrogen-bond donors (Lipinski definition) is 3. The molecule has 0 fully saturated rings. The maximum atomic E-state index is 11.0. The molecule has 7 nitrogen and oxygen atoms in total. The third kappa shape index (κ3) is 2.38. The predicted molar refractivity (Wildman–Crippen MR) is 75.1 cm³/mol. The van der Waals surface area contributed by atoms with Crippen molar-refractivity contribution >= 4 is 17.4 Å². The lowest BCUT2D eigenvalue weighted by atomic mass is 10.2. The largest absolute Gasteiger partial charge is 0.595 e. The topological polar surface area (TPSA) is 90.5 Å². The van der Waals surface area contributed by atoms with Crippen LogP contribution in [0.15, 0.2) is 29.4 Å². The molecule has 0 aliphatic carbocycles. The predicted octanol–water partition coefficient (Wildman–Crippen LogP) is 1.12. The summed E-state index contributed by atoms with van der Waals surface area (Å²) in [6, 6.07) is 6.73. The molecule has 2 atom stereocenters. The first-order valence-electron chi connectivity index (χ1n) is 6.41. The molecule has 3 N–H and O–H groups in total. The number of fused-ring (bicyclic) bond motifs is 1. The standard InChI is InChI=1S/C12H15N5O2S/c1-2-4-10-15-16-11(13-14-12(16)20-10)8-5-3-6-9(7-8)17(18)19/h3,5-7,10,15,17-18H,2,4H2,1H3. The Labute approximate surface area is 120 Å². The fourth-order valence-corrected chi connectivity index (χ4v) is 3.22. The second kappa shape index (κ2) is 5.41. The minimum absolute atomic E-state index is 0.246. The highest BCUT2D eigenvalue weighted by Crippen LogP contribution is 2.33. The summed E-state index contributed by atoms with van der Waals surface area (Å²) in [4.78, 5) is 0. The Morgan fingerprint density at radius 2 is 2.35 bits per heavy atom. The van der Waals surface area contributed by atoms with Crippen LogP contribution in [0.4, 0.5) is 5.69 Å². The van der Waals surface area contributed by atoms with Gasteiger partial charge >= 0.3 is 0 Å². The lowest BCUT2D eigenvalue weighted by Crippen LogP contribution is -2.99. The first-order chi connectivity index (χ1) is 9.69. The number of nitrogens with zero attached hydrogens (tertiary/aromatic N) is 3. The molecule has 2 heterocycles. The molecule has 0 amide bonds. The minimum Gasteiger partial charge on any atom is -0.595 e. The van der Waals surface area contributed by atoms with E-state index in [2.05, 4.69) is 22.5 Å². The van der Waals surface area contributed by atoms with Crippen LogP contribution in [-0.2, 0) is 0 Å². The van der Waals surface area contributed by atoms with Crippen molar-refractivity contribution in [3.63, 3.8) is 0 Å². The van der Waals surface area contributed by atoms with E-state index in [-0.39, 0.29) is 5.69 Å². The molecule has 1 aliphatic rings. The van der Waals surface area contributed by atoms with Gasteiger partial charge < -0.3 is 10.6 Å². The summed E-state index contributed by atoms with van der Waals surface area (Å²) in [5.74, 6) is 0.647. The molecule has 0 radical (unpaired) electrons. The van der Waals surface area contributed by atoms with Crippen LogP contribution in [0.5, 0.6) is 0 Å². The van der Waals surface area contributed by atoms with Crippen molar-refractivity contribution in [2.45, 2.75) is 30.3 Å². The number of thioether (sulfide) groups is 1. The maximum Gasteiger partial charge on any atom is 0.212 e. The quantitative estimate of drug-likeness (QED) is 0.732. The molecule has 0 bridgehead atoms. The fraction of sp³-hybridized carbons (Fsp3) is 0.333. The number of aromatic nitrogens is 3. The summed E-state index contributed by atoms with van der Waals surface area (Å²) in [7, 11) is 0. The number of nitrogens with one attached hydrogen (secondary N) is 2. The van der Waals surface area contributed by atoms with Crippen molar-refractivity contribution in [1.82, 2.24) is 14.9 Å². The molecule has 1 aromatic carbocycles. The number of benzene rings is 1. The van der Waals surface area contributed by atoms with Crippen LogP contribution in [0.3, 0.4) is 0 Å². The Morgan fingerprint density at radius 3 is 3.10 bits per heavy atom. The summed E-state index contributed by atoms with van der Waals surface area (Å²) >= 11 is 1.65. The van der Waals surface area contributed by atoms with Gasteiger partial charge in [-0.15, -0.1) is 10.2 Å². The maximum absolute atomic E-state index is 11.0. The van der Waals surface area contributed by atoms with Crippen molar-refractivity contribution < 1.29 is 10.4 Å². The van der Waals surface area contributed by atoms with Gasteiger partial charge in [0.25, 0.3) is 0 Å². The van der Waals surface area contributed by atoms with Gasteiger partial charge in [-0.2, -0.15) is 5.23 Å². The summed E-state index contributed by atoms with van der Waals surface area (Å²) in [5, 5.41) is 28.5. The van der Waals surface area contributed by atoms with E-state index in [9.17, 15) is 5.21 Å². The monoisotopic (exact) mass is 293 g/mol. The number of rotatable bonds is 4. The fourth-order valence-electron chi connectivity index (χ4n) is 2.12. The Hall–Kier alpha value is -1.61. The van der Waals surface area contributed by atoms with Crippen LogP contribution >= 0.6 is 11.8 Å². The SMILES string of the molecule is CCCC1Nn2c(nnc2-c2cccc([NH+]([O-])O)c2)S1. The Bertz CT molecular complexity index is 616. The molecule has 3 rings (SSSR count). The van der Waals surface area contributed by atoms with Gasteiger partial charge in [-0.25, -0.2) is 9.88 Å². The highest BCUT2D eigenvalue weighted by Gasteiger charge is 2.26. The molecular weight excluding hydrogens is 278 g/mol. The van der Waals surface area contributed by atoms with Crippen LogP contribution in [0.2, 0.25) is 0 Å². The lowest BCUT2D eigenvalue weighted by molar-refractivity contribution is -0.991. The second-order valence-corrected chi connectivity index (χ2v) is 5.72. The average molecular weight is 293 g/mol. The third-order valence-electron chi connectivity index (χ3n) is 3.07. The van der Waals surface area contributed by atoms with Crippen LogP contribution < -0.4 is 10.7 Å². The zero-order valence-corrected chi connectivity index (χ0v) is 11.7. The highest BCUT2D eigenvalue weighted by atomic mass is 32.2.